The van der Waals surface area contributed by atoms with Crippen LogP contribution in [-0.2, 0) is 4.79 Å². The van der Waals surface area contributed by atoms with Crippen LogP contribution in [0.25, 0.3) is 0 Å². The predicted molar refractivity (Wildman–Crippen MR) is 89.2 cm³/mol. The third-order valence-electron chi connectivity index (χ3n) is 3.08. The number of hydrogen-bond acceptors (Lipinski definition) is 5. The first-order chi connectivity index (χ1) is 9.86. The number of carbonyl (C=O) groups excluding carboxylic acids is 1. The molecule has 1 aromatic heterocycles. The maximum atomic E-state index is 12.3. The number of nitrogens with zero attached hydrogens (tertiary/aromatic N) is 2. The molecule has 0 aliphatic carbocycles. The van der Waals surface area contributed by atoms with E-state index in [1.807, 2.05) is 27.7 Å². The molecular formula is C15H19N3OS2. The number of aryl methyl sites for hydroxylation is 4. The molecule has 2 aromatic rings. The Kier molecular flexibility index (Phi) is 5.00. The van der Waals surface area contributed by atoms with Crippen LogP contribution in [0.3, 0.4) is 0 Å². The Bertz CT molecular complexity index is 644. The van der Waals surface area contributed by atoms with Crippen LogP contribution in [0.1, 0.15) is 28.6 Å². The van der Waals surface area contributed by atoms with E-state index in [0.29, 0.717) is 0 Å². The van der Waals surface area contributed by atoms with E-state index in [2.05, 4.69) is 34.6 Å². The fourth-order valence-electron chi connectivity index (χ4n) is 2.13. The van der Waals surface area contributed by atoms with Crippen molar-refractivity contribution in [2.45, 2.75) is 44.2 Å². The minimum atomic E-state index is -0.211. The van der Waals surface area contributed by atoms with E-state index < -0.39 is 0 Å². The molecule has 0 unspecified atom stereocenters. The largest absolute Gasteiger partial charge is 0.325 e. The van der Waals surface area contributed by atoms with Gasteiger partial charge in [0.25, 0.3) is 0 Å². The van der Waals surface area contributed by atoms with Crippen LogP contribution in [-0.4, -0.2) is 21.4 Å². The van der Waals surface area contributed by atoms with Crippen molar-refractivity contribution in [1.29, 1.82) is 0 Å². The third kappa shape index (κ3) is 4.04. The summed E-state index contributed by atoms with van der Waals surface area (Å²) in [5, 5.41) is 11.7. The van der Waals surface area contributed by atoms with Gasteiger partial charge in [-0.15, -0.1) is 10.2 Å². The van der Waals surface area contributed by atoms with Crippen LogP contribution >= 0.6 is 23.1 Å². The van der Waals surface area contributed by atoms with Crippen molar-refractivity contribution in [2.24, 2.45) is 0 Å². The van der Waals surface area contributed by atoms with Crippen LogP contribution in [0, 0.1) is 27.7 Å². The molecule has 0 saturated heterocycles. The van der Waals surface area contributed by atoms with Crippen LogP contribution in [0.2, 0.25) is 0 Å². The van der Waals surface area contributed by atoms with Crippen molar-refractivity contribution < 1.29 is 4.79 Å². The summed E-state index contributed by atoms with van der Waals surface area (Å²) in [5.74, 6) is -0.0112. The molecule has 6 heteroatoms. The Hall–Kier alpha value is -1.40. The van der Waals surface area contributed by atoms with Gasteiger partial charge in [0.15, 0.2) is 4.34 Å². The molecule has 0 radical (unpaired) electrons. The summed E-state index contributed by atoms with van der Waals surface area (Å²) >= 11 is 2.95. The summed E-state index contributed by atoms with van der Waals surface area (Å²) in [6.07, 6.45) is 0. The van der Waals surface area contributed by atoms with Crippen molar-refractivity contribution in [3.63, 3.8) is 0 Å². The lowest BCUT2D eigenvalue weighted by atomic mass is 10.1. The Morgan fingerprint density at radius 1 is 1.19 bits per heavy atom. The zero-order chi connectivity index (χ0) is 15.6. The number of benzene rings is 1. The maximum absolute atomic E-state index is 12.3. The molecule has 1 heterocycles. The number of aromatic nitrogens is 2. The highest BCUT2D eigenvalue weighted by Gasteiger charge is 2.18. The van der Waals surface area contributed by atoms with Gasteiger partial charge in [-0.05, 0) is 45.7 Å². The molecule has 0 fully saturated rings. The van der Waals surface area contributed by atoms with Gasteiger partial charge in [0.1, 0.15) is 5.01 Å². The normalized spacial score (nSPS) is 12.2. The molecule has 0 spiro atoms. The minimum absolute atomic E-state index is 0.0112. The van der Waals surface area contributed by atoms with Crippen LogP contribution in [0.4, 0.5) is 5.69 Å². The zero-order valence-electron chi connectivity index (χ0n) is 12.9. The van der Waals surface area contributed by atoms with Crippen molar-refractivity contribution in [1.82, 2.24) is 10.2 Å². The number of thioether (sulfide) groups is 1. The highest BCUT2D eigenvalue weighted by atomic mass is 32.2. The Labute approximate surface area is 133 Å². The Morgan fingerprint density at radius 3 is 2.33 bits per heavy atom. The van der Waals surface area contributed by atoms with E-state index in [1.54, 1.807) is 0 Å². The molecule has 1 amide bonds. The van der Waals surface area contributed by atoms with Crippen molar-refractivity contribution in [3.05, 3.63) is 33.8 Å². The fraction of sp³-hybridized carbons (Fsp3) is 0.400. The number of anilines is 1. The average Bonchev–Trinajstić information content (AvgIpc) is 2.78. The molecule has 4 nitrogen and oxygen atoms in total. The Balaban J connectivity index is 2.07. The van der Waals surface area contributed by atoms with Gasteiger partial charge in [0.05, 0.1) is 5.25 Å². The van der Waals surface area contributed by atoms with Crippen LogP contribution in [0.5, 0.6) is 0 Å². The van der Waals surface area contributed by atoms with Crippen LogP contribution < -0.4 is 5.32 Å². The van der Waals surface area contributed by atoms with Gasteiger partial charge in [-0.3, -0.25) is 4.79 Å². The number of hydrogen-bond donors (Lipinski definition) is 1. The predicted octanol–water partition coefficient (Wildman–Crippen LogP) is 3.89. The van der Waals surface area contributed by atoms with Gasteiger partial charge in [0, 0.05) is 5.69 Å². The number of amides is 1. The summed E-state index contributed by atoms with van der Waals surface area (Å²) in [4.78, 5) is 12.3. The van der Waals surface area contributed by atoms with E-state index >= 15 is 0 Å². The van der Waals surface area contributed by atoms with Crippen molar-refractivity contribution >= 4 is 34.7 Å². The first-order valence-electron chi connectivity index (χ1n) is 6.72. The highest BCUT2D eigenvalue weighted by Crippen LogP contribution is 2.28. The Morgan fingerprint density at radius 2 is 1.81 bits per heavy atom. The van der Waals surface area contributed by atoms with Gasteiger partial charge in [-0.1, -0.05) is 40.8 Å². The van der Waals surface area contributed by atoms with Crippen molar-refractivity contribution in [2.75, 3.05) is 5.32 Å². The third-order valence-corrected chi connectivity index (χ3v) is 5.10. The second-order valence-corrected chi connectivity index (χ2v) is 7.88. The average molecular weight is 321 g/mol. The van der Waals surface area contributed by atoms with Gasteiger partial charge in [-0.25, -0.2) is 0 Å². The molecule has 0 bridgehead atoms. The number of rotatable bonds is 4. The lowest BCUT2D eigenvalue weighted by Crippen LogP contribution is -2.23. The molecule has 1 aromatic carbocycles. The van der Waals surface area contributed by atoms with E-state index in [0.717, 1.165) is 26.2 Å². The number of nitrogens with one attached hydrogen (secondary N) is 1. The van der Waals surface area contributed by atoms with E-state index in [1.165, 1.54) is 28.7 Å². The topological polar surface area (TPSA) is 54.9 Å². The molecule has 0 aliphatic rings. The molecule has 2 rings (SSSR count). The van der Waals surface area contributed by atoms with Gasteiger partial charge < -0.3 is 5.32 Å². The summed E-state index contributed by atoms with van der Waals surface area (Å²) < 4.78 is 0.826. The summed E-state index contributed by atoms with van der Waals surface area (Å²) in [6.45, 7) is 9.88. The minimum Gasteiger partial charge on any atom is -0.325 e. The molecule has 0 aliphatic heterocycles. The first kappa shape index (κ1) is 16.0. The van der Waals surface area contributed by atoms with E-state index in [4.69, 9.17) is 0 Å². The van der Waals surface area contributed by atoms with E-state index in [-0.39, 0.29) is 11.2 Å². The molecule has 1 atom stereocenters. The van der Waals surface area contributed by atoms with Gasteiger partial charge >= 0.3 is 0 Å². The first-order valence-corrected chi connectivity index (χ1v) is 8.42. The summed E-state index contributed by atoms with van der Waals surface area (Å²) in [7, 11) is 0. The molecule has 1 N–H and O–H groups in total. The second kappa shape index (κ2) is 6.58. The highest BCUT2D eigenvalue weighted by molar-refractivity contribution is 8.02. The standard InChI is InChI=1S/C15H19N3OS2/c1-8-6-9(2)13(10(3)7-8)16-14(19)11(4)20-15-18-17-12(5)21-15/h6-7,11H,1-5H3,(H,16,19)/t11-/m1/s1. The molecular weight excluding hydrogens is 302 g/mol. The summed E-state index contributed by atoms with van der Waals surface area (Å²) in [5.41, 5.74) is 4.29. The zero-order valence-corrected chi connectivity index (χ0v) is 14.5. The lowest BCUT2D eigenvalue weighted by molar-refractivity contribution is -0.115. The molecule has 112 valence electrons. The monoisotopic (exact) mass is 321 g/mol. The van der Waals surface area contributed by atoms with Crippen LogP contribution in [0.15, 0.2) is 16.5 Å². The quantitative estimate of drug-likeness (QED) is 0.868. The fourth-order valence-corrected chi connectivity index (χ4v) is 4.09. The lowest BCUT2D eigenvalue weighted by Gasteiger charge is -2.15. The van der Waals surface area contributed by atoms with Gasteiger partial charge in [-0.2, -0.15) is 0 Å². The SMILES string of the molecule is Cc1cc(C)c(NC(=O)[C@@H](C)Sc2nnc(C)s2)c(C)c1. The molecule has 0 saturated carbocycles. The van der Waals surface area contributed by atoms with E-state index in [9.17, 15) is 4.79 Å². The van der Waals surface area contributed by atoms with Crippen molar-refractivity contribution in [3.8, 4) is 0 Å². The van der Waals surface area contributed by atoms with Gasteiger partial charge in [0.2, 0.25) is 5.91 Å². The maximum Gasteiger partial charge on any atom is 0.237 e. The second-order valence-electron chi connectivity index (χ2n) is 5.11. The number of carbonyl (C=O) groups is 1. The summed E-state index contributed by atoms with van der Waals surface area (Å²) in [6, 6.07) is 4.16. The molecule has 21 heavy (non-hydrogen) atoms. The smallest absolute Gasteiger partial charge is 0.237 e.